The minimum Gasteiger partial charge on any atom is -0.504 e. The molecule has 13 nitrogen and oxygen atoms in total. The summed E-state index contributed by atoms with van der Waals surface area (Å²) in [5.74, 6) is -2.56. The first-order valence-electron chi connectivity index (χ1n) is 11.7. The fraction of sp³-hybridized carbons (Fsp3) is 0.542. The van der Waals surface area contributed by atoms with Crippen LogP contribution in [-0.2, 0) is 28.5 Å². The second-order valence-electron chi connectivity index (χ2n) is 9.40. The minimum absolute atomic E-state index is 0.297. The number of hydrogen-bond acceptors (Lipinski definition) is 13. The topological polar surface area (TPSA) is 208 Å². The number of rotatable bonds is 7. The number of epoxide rings is 1. The van der Waals surface area contributed by atoms with Gasteiger partial charge in [0.1, 0.15) is 42.2 Å². The number of aromatic hydroxyl groups is 2. The molecule has 0 amide bonds. The molecule has 3 aliphatic heterocycles. The van der Waals surface area contributed by atoms with Crippen molar-refractivity contribution in [2.75, 3.05) is 13.2 Å². The normalized spacial score (nSPS) is 42.2. The summed E-state index contributed by atoms with van der Waals surface area (Å²) in [6, 6.07) is 4.04. The summed E-state index contributed by atoms with van der Waals surface area (Å²) >= 11 is 0. The summed E-state index contributed by atoms with van der Waals surface area (Å²) in [4.78, 5) is 12.6. The van der Waals surface area contributed by atoms with Crippen molar-refractivity contribution in [2.24, 2.45) is 11.8 Å². The van der Waals surface area contributed by atoms with Gasteiger partial charge in [0.25, 0.3) is 0 Å². The van der Waals surface area contributed by atoms with Gasteiger partial charge in [-0.05, 0) is 29.8 Å². The molecule has 3 heterocycles. The molecular formula is C24H28O13. The fourth-order valence-electron chi connectivity index (χ4n) is 5.27. The summed E-state index contributed by atoms with van der Waals surface area (Å²) in [5.41, 5.74) is -0.714. The highest BCUT2D eigenvalue weighted by atomic mass is 16.8. The van der Waals surface area contributed by atoms with Crippen molar-refractivity contribution in [3.63, 3.8) is 0 Å². The molecule has 37 heavy (non-hydrogen) atoms. The zero-order valence-electron chi connectivity index (χ0n) is 19.3. The van der Waals surface area contributed by atoms with Crippen molar-refractivity contribution in [3.8, 4) is 11.5 Å². The number of phenolic OH excluding ortho intramolecular Hbond substituents is 2. The number of ether oxygens (including phenoxy) is 5. The quantitative estimate of drug-likeness (QED) is 0.0900. The maximum atomic E-state index is 12.6. The SMILES string of the molecule is O=C(C=Cc1ccc(O)c(O)c1)OC1C2O[C@]2(CO)[C@@H]2C(OC3OC(CO)C(O)C(O)C3O)OC=C[C@H]12. The van der Waals surface area contributed by atoms with Crippen LogP contribution in [0, 0.1) is 11.8 Å². The molecule has 202 valence electrons. The predicted molar refractivity (Wildman–Crippen MR) is 119 cm³/mol. The van der Waals surface area contributed by atoms with E-state index >= 15 is 0 Å². The molecule has 1 saturated carbocycles. The van der Waals surface area contributed by atoms with Crippen molar-refractivity contribution < 1.29 is 64.2 Å². The number of fused-ring (bicyclic) bond motifs is 3. The van der Waals surface area contributed by atoms with Gasteiger partial charge in [0.2, 0.25) is 6.29 Å². The zero-order chi connectivity index (χ0) is 26.5. The molecule has 0 radical (unpaired) electrons. The number of aliphatic hydroxyl groups excluding tert-OH is 5. The lowest BCUT2D eigenvalue weighted by Gasteiger charge is -2.43. The Morgan fingerprint density at radius 1 is 1.05 bits per heavy atom. The first kappa shape index (κ1) is 25.9. The van der Waals surface area contributed by atoms with Gasteiger partial charge in [-0.25, -0.2) is 4.79 Å². The Morgan fingerprint density at radius 2 is 1.84 bits per heavy atom. The van der Waals surface area contributed by atoms with E-state index in [-0.39, 0.29) is 11.5 Å². The van der Waals surface area contributed by atoms with Crippen LogP contribution >= 0.6 is 0 Å². The second kappa shape index (κ2) is 9.85. The molecule has 2 saturated heterocycles. The number of phenols is 2. The summed E-state index contributed by atoms with van der Waals surface area (Å²) in [5, 5.41) is 69.0. The largest absolute Gasteiger partial charge is 0.504 e. The Kier molecular flexibility index (Phi) is 6.89. The molecule has 11 atom stereocenters. The third kappa shape index (κ3) is 4.47. The van der Waals surface area contributed by atoms with Gasteiger partial charge in [-0.15, -0.1) is 0 Å². The predicted octanol–water partition coefficient (Wildman–Crippen LogP) is -1.91. The van der Waals surface area contributed by atoms with Crippen molar-refractivity contribution >= 4 is 12.0 Å². The fourth-order valence-corrected chi connectivity index (χ4v) is 5.27. The van der Waals surface area contributed by atoms with E-state index in [1.807, 2.05) is 0 Å². The van der Waals surface area contributed by atoms with Crippen LogP contribution in [0.5, 0.6) is 11.5 Å². The highest BCUT2D eigenvalue weighted by Crippen LogP contribution is 2.60. The Balaban J connectivity index is 1.30. The van der Waals surface area contributed by atoms with Gasteiger partial charge in [-0.1, -0.05) is 6.07 Å². The summed E-state index contributed by atoms with van der Waals surface area (Å²) in [6.45, 7) is -1.08. The average molecular weight is 524 g/mol. The molecule has 0 bridgehead atoms. The monoisotopic (exact) mass is 524 g/mol. The molecule has 4 aliphatic rings. The number of aliphatic hydroxyl groups is 5. The molecule has 1 aromatic rings. The molecule has 1 aliphatic carbocycles. The molecular weight excluding hydrogens is 496 g/mol. The van der Waals surface area contributed by atoms with Crippen LogP contribution in [0.15, 0.2) is 36.6 Å². The highest BCUT2D eigenvalue weighted by Gasteiger charge is 2.77. The Bertz CT molecular complexity index is 1070. The molecule has 1 aromatic carbocycles. The lowest BCUT2D eigenvalue weighted by molar-refractivity contribution is -0.344. The van der Waals surface area contributed by atoms with Crippen LogP contribution < -0.4 is 0 Å². The van der Waals surface area contributed by atoms with Crippen LogP contribution in [0.3, 0.4) is 0 Å². The Hall–Kier alpha value is -2.75. The average Bonchev–Trinajstić information content (AvgIpc) is 3.57. The van der Waals surface area contributed by atoms with Gasteiger partial charge >= 0.3 is 5.97 Å². The van der Waals surface area contributed by atoms with E-state index in [0.717, 1.165) is 6.08 Å². The van der Waals surface area contributed by atoms with Gasteiger partial charge in [0, 0.05) is 12.0 Å². The van der Waals surface area contributed by atoms with Crippen molar-refractivity contribution in [3.05, 3.63) is 42.2 Å². The molecule has 7 N–H and O–H groups in total. The summed E-state index contributed by atoms with van der Waals surface area (Å²) < 4.78 is 28.2. The number of esters is 1. The number of carbonyl (C=O) groups excluding carboxylic acids is 1. The van der Waals surface area contributed by atoms with E-state index in [4.69, 9.17) is 23.7 Å². The van der Waals surface area contributed by atoms with E-state index in [9.17, 15) is 40.5 Å². The van der Waals surface area contributed by atoms with Crippen LogP contribution in [0.25, 0.3) is 6.08 Å². The lowest BCUT2D eigenvalue weighted by Crippen LogP contribution is -2.60. The third-order valence-electron chi connectivity index (χ3n) is 7.26. The smallest absolute Gasteiger partial charge is 0.331 e. The summed E-state index contributed by atoms with van der Waals surface area (Å²) in [7, 11) is 0. The third-order valence-corrected chi connectivity index (χ3v) is 7.26. The van der Waals surface area contributed by atoms with Crippen LogP contribution in [0.1, 0.15) is 5.56 Å². The van der Waals surface area contributed by atoms with Crippen LogP contribution in [0.2, 0.25) is 0 Å². The van der Waals surface area contributed by atoms with Crippen LogP contribution in [-0.4, -0.2) is 110 Å². The molecule has 13 heteroatoms. The first-order chi connectivity index (χ1) is 17.7. The van der Waals surface area contributed by atoms with Gasteiger partial charge in [-0.2, -0.15) is 0 Å². The van der Waals surface area contributed by atoms with E-state index in [0.29, 0.717) is 5.56 Å². The van der Waals surface area contributed by atoms with Crippen molar-refractivity contribution in [2.45, 2.75) is 54.8 Å². The van der Waals surface area contributed by atoms with Crippen molar-refractivity contribution in [1.82, 2.24) is 0 Å². The van der Waals surface area contributed by atoms with E-state index in [1.165, 1.54) is 30.5 Å². The second-order valence-corrected chi connectivity index (χ2v) is 9.40. The Labute approximate surface area is 210 Å². The van der Waals surface area contributed by atoms with Gasteiger partial charge in [-0.3, -0.25) is 0 Å². The maximum absolute atomic E-state index is 12.6. The maximum Gasteiger partial charge on any atom is 0.331 e. The standard InChI is InChI=1S/C24H28O13/c25-8-14-17(30)18(31)19(32)23(34-14)36-22-16-11(5-6-33-22)20(21-24(16,9-26)37-21)35-15(29)4-2-10-1-3-12(27)13(28)7-10/h1-7,11,14,16-23,25-28,30-32H,8-9H2/t11-,14?,16-,17?,18?,19?,20?,21?,22?,23?,24+/m0/s1. The molecule has 5 rings (SSSR count). The van der Waals surface area contributed by atoms with Gasteiger partial charge < -0.3 is 59.4 Å². The summed E-state index contributed by atoms with van der Waals surface area (Å²) in [6.07, 6.45) is -4.68. The first-order valence-corrected chi connectivity index (χ1v) is 11.7. The van der Waals surface area contributed by atoms with E-state index in [2.05, 4.69) is 0 Å². The van der Waals surface area contributed by atoms with E-state index in [1.54, 1.807) is 6.08 Å². The molecule has 8 unspecified atom stereocenters. The number of benzene rings is 1. The molecule has 0 spiro atoms. The molecule has 3 fully saturated rings. The van der Waals surface area contributed by atoms with Gasteiger partial charge in [0.15, 0.2) is 17.8 Å². The number of hydrogen-bond donors (Lipinski definition) is 7. The zero-order valence-corrected chi connectivity index (χ0v) is 19.3. The van der Waals surface area contributed by atoms with Crippen molar-refractivity contribution in [1.29, 1.82) is 0 Å². The van der Waals surface area contributed by atoms with Crippen LogP contribution in [0.4, 0.5) is 0 Å². The number of carbonyl (C=O) groups is 1. The van der Waals surface area contributed by atoms with Gasteiger partial charge in [0.05, 0.1) is 25.4 Å². The van der Waals surface area contributed by atoms with E-state index < -0.39 is 85.8 Å². The molecule has 0 aromatic heterocycles. The lowest BCUT2D eigenvalue weighted by atomic mass is 9.85. The minimum atomic E-state index is -1.66. The highest BCUT2D eigenvalue weighted by molar-refractivity contribution is 5.87. The Morgan fingerprint density at radius 3 is 2.54 bits per heavy atom.